The maximum absolute atomic E-state index is 11.7. The zero-order chi connectivity index (χ0) is 16.3. The molecular formula is C16H15NO4S. The van der Waals surface area contributed by atoms with E-state index in [-0.39, 0.29) is 10.5 Å². The Hall–Kier alpha value is -2.44. The maximum atomic E-state index is 11.7. The fraction of sp³-hybridized carbons (Fsp3) is 0.0625. The van der Waals surface area contributed by atoms with Gasteiger partial charge in [-0.15, -0.1) is 0 Å². The summed E-state index contributed by atoms with van der Waals surface area (Å²) in [5.41, 5.74) is 2.07. The van der Waals surface area contributed by atoms with Crippen LogP contribution in [0.15, 0.2) is 53.9 Å². The minimum absolute atomic E-state index is 0.121. The van der Waals surface area contributed by atoms with E-state index >= 15 is 0 Å². The minimum atomic E-state index is -3.52. The van der Waals surface area contributed by atoms with Gasteiger partial charge in [0.1, 0.15) is 0 Å². The van der Waals surface area contributed by atoms with E-state index < -0.39 is 16.0 Å². The van der Waals surface area contributed by atoms with Crippen molar-refractivity contribution in [3.05, 3.63) is 60.2 Å². The smallest absolute Gasteiger partial charge is 0.336 e. The summed E-state index contributed by atoms with van der Waals surface area (Å²) in [5, 5.41) is 9.28. The molecule has 2 rings (SSSR count). The van der Waals surface area contributed by atoms with Crippen LogP contribution < -0.4 is 4.72 Å². The predicted octanol–water partition coefficient (Wildman–Crippen LogP) is 2.60. The minimum Gasteiger partial charge on any atom is -0.478 e. The summed E-state index contributed by atoms with van der Waals surface area (Å²) in [4.78, 5) is 11.5. The van der Waals surface area contributed by atoms with Gasteiger partial charge in [0, 0.05) is 0 Å². The zero-order valence-corrected chi connectivity index (χ0v) is 12.7. The van der Waals surface area contributed by atoms with Gasteiger partial charge < -0.3 is 5.11 Å². The second-order valence-electron chi connectivity index (χ2n) is 4.55. The molecule has 22 heavy (non-hydrogen) atoms. The number of carbonyl (C=O) groups is 1. The number of carboxylic acids is 1. The number of hydrogen-bond acceptors (Lipinski definition) is 3. The third-order valence-electron chi connectivity index (χ3n) is 3.25. The molecule has 0 atom stereocenters. The molecule has 0 fully saturated rings. The largest absolute Gasteiger partial charge is 0.478 e. The first-order valence-electron chi connectivity index (χ1n) is 6.43. The second-order valence-corrected chi connectivity index (χ2v) is 6.43. The molecule has 2 N–H and O–H groups in total. The lowest BCUT2D eigenvalue weighted by atomic mass is 9.97. The molecule has 0 aliphatic heterocycles. The topological polar surface area (TPSA) is 83.5 Å². The zero-order valence-electron chi connectivity index (χ0n) is 11.9. The standard InChI is InChI=1S/C16H15NO4S/c1-3-11-4-9-14(16(18)19)15(10-11)12-5-7-13(8-6-12)22(20,21)17-2/h3-10,17H,1H2,2H3,(H,18,19). The molecule has 0 aliphatic carbocycles. The van der Waals surface area contributed by atoms with Crippen LogP contribution in [0, 0.1) is 0 Å². The fourth-order valence-electron chi connectivity index (χ4n) is 2.05. The highest BCUT2D eigenvalue weighted by molar-refractivity contribution is 7.89. The van der Waals surface area contributed by atoms with Crippen molar-refractivity contribution < 1.29 is 18.3 Å². The van der Waals surface area contributed by atoms with E-state index in [1.807, 2.05) is 0 Å². The van der Waals surface area contributed by atoms with Crippen molar-refractivity contribution in [1.82, 2.24) is 4.72 Å². The number of hydrogen-bond donors (Lipinski definition) is 2. The van der Waals surface area contributed by atoms with Gasteiger partial charge in [0.2, 0.25) is 10.0 Å². The average Bonchev–Trinajstić information content (AvgIpc) is 2.54. The average molecular weight is 317 g/mol. The van der Waals surface area contributed by atoms with Crippen LogP contribution in [0.4, 0.5) is 0 Å². The number of sulfonamides is 1. The van der Waals surface area contributed by atoms with Gasteiger partial charge in [0.25, 0.3) is 0 Å². The third kappa shape index (κ3) is 3.08. The molecule has 0 bridgehead atoms. The van der Waals surface area contributed by atoms with Crippen molar-refractivity contribution in [3.63, 3.8) is 0 Å². The van der Waals surface area contributed by atoms with E-state index in [0.717, 1.165) is 5.56 Å². The summed E-state index contributed by atoms with van der Waals surface area (Å²) in [6.45, 7) is 3.66. The van der Waals surface area contributed by atoms with Crippen LogP contribution in [0.3, 0.4) is 0 Å². The Kier molecular flexibility index (Phi) is 4.44. The van der Waals surface area contributed by atoms with Gasteiger partial charge in [-0.1, -0.05) is 30.9 Å². The molecule has 0 saturated carbocycles. The Morgan fingerprint density at radius 3 is 2.32 bits per heavy atom. The predicted molar refractivity (Wildman–Crippen MR) is 85.2 cm³/mol. The molecule has 0 amide bonds. The molecular weight excluding hydrogens is 302 g/mol. The van der Waals surface area contributed by atoms with Crippen LogP contribution in [0.2, 0.25) is 0 Å². The van der Waals surface area contributed by atoms with Crippen LogP contribution in [0.25, 0.3) is 17.2 Å². The summed E-state index contributed by atoms with van der Waals surface area (Å²) in [7, 11) is -2.19. The molecule has 0 saturated heterocycles. The fourth-order valence-corrected chi connectivity index (χ4v) is 2.78. The highest BCUT2D eigenvalue weighted by atomic mass is 32.2. The summed E-state index contributed by atoms with van der Waals surface area (Å²) < 4.78 is 25.6. The molecule has 114 valence electrons. The van der Waals surface area contributed by atoms with Crippen LogP contribution in [-0.4, -0.2) is 26.5 Å². The SMILES string of the molecule is C=Cc1ccc(C(=O)O)c(-c2ccc(S(=O)(=O)NC)cc2)c1. The lowest BCUT2D eigenvalue weighted by Crippen LogP contribution is -2.18. The Balaban J connectivity index is 2.57. The summed E-state index contributed by atoms with van der Waals surface area (Å²) in [6.07, 6.45) is 1.62. The van der Waals surface area contributed by atoms with Gasteiger partial charge in [0.15, 0.2) is 0 Å². The highest BCUT2D eigenvalue weighted by Crippen LogP contribution is 2.27. The van der Waals surface area contributed by atoms with Gasteiger partial charge in [-0.25, -0.2) is 17.9 Å². The van der Waals surface area contributed by atoms with Crippen LogP contribution >= 0.6 is 0 Å². The molecule has 0 spiro atoms. The quantitative estimate of drug-likeness (QED) is 0.888. The molecule has 0 unspecified atom stereocenters. The number of carboxylic acid groups (broad SMARTS) is 1. The van der Waals surface area contributed by atoms with Crippen molar-refractivity contribution >= 4 is 22.1 Å². The van der Waals surface area contributed by atoms with Gasteiger partial charge in [0.05, 0.1) is 10.5 Å². The first-order chi connectivity index (χ1) is 10.4. The van der Waals surface area contributed by atoms with Gasteiger partial charge >= 0.3 is 5.97 Å². The molecule has 0 heterocycles. The second kappa shape index (κ2) is 6.13. The first-order valence-corrected chi connectivity index (χ1v) is 7.91. The van der Waals surface area contributed by atoms with Crippen molar-refractivity contribution in [2.75, 3.05) is 7.05 Å². The maximum Gasteiger partial charge on any atom is 0.336 e. The van der Waals surface area contributed by atoms with Crippen molar-refractivity contribution in [2.45, 2.75) is 4.90 Å². The molecule has 2 aromatic rings. The molecule has 0 aromatic heterocycles. The van der Waals surface area contributed by atoms with E-state index in [1.54, 1.807) is 30.3 Å². The van der Waals surface area contributed by atoms with E-state index in [2.05, 4.69) is 11.3 Å². The van der Waals surface area contributed by atoms with Crippen LogP contribution in [0.1, 0.15) is 15.9 Å². The molecule has 2 aromatic carbocycles. The third-order valence-corrected chi connectivity index (χ3v) is 4.68. The number of aromatic carboxylic acids is 1. The van der Waals surface area contributed by atoms with E-state index in [9.17, 15) is 18.3 Å². The summed E-state index contributed by atoms with van der Waals surface area (Å²) in [5.74, 6) is -1.04. The Morgan fingerprint density at radius 1 is 1.18 bits per heavy atom. The van der Waals surface area contributed by atoms with E-state index in [4.69, 9.17) is 0 Å². The van der Waals surface area contributed by atoms with Crippen molar-refractivity contribution in [2.24, 2.45) is 0 Å². The molecule has 5 nitrogen and oxygen atoms in total. The Bertz CT molecular complexity index is 824. The molecule has 0 radical (unpaired) electrons. The van der Waals surface area contributed by atoms with Crippen molar-refractivity contribution in [3.8, 4) is 11.1 Å². The number of nitrogens with one attached hydrogen (secondary N) is 1. The summed E-state index contributed by atoms with van der Waals surface area (Å²) in [6, 6.07) is 10.9. The molecule has 6 heteroatoms. The lowest BCUT2D eigenvalue weighted by molar-refractivity contribution is 0.0697. The Labute approximate surface area is 129 Å². The summed E-state index contributed by atoms with van der Waals surface area (Å²) >= 11 is 0. The van der Waals surface area contributed by atoms with Crippen LogP contribution in [0.5, 0.6) is 0 Å². The molecule has 0 aliphatic rings. The first kappa shape index (κ1) is 15.9. The van der Waals surface area contributed by atoms with Crippen molar-refractivity contribution in [1.29, 1.82) is 0 Å². The van der Waals surface area contributed by atoms with Gasteiger partial charge in [-0.05, 0) is 48.0 Å². The highest BCUT2D eigenvalue weighted by Gasteiger charge is 2.14. The number of rotatable bonds is 5. The Morgan fingerprint density at radius 2 is 1.82 bits per heavy atom. The van der Waals surface area contributed by atoms with Gasteiger partial charge in [-0.3, -0.25) is 0 Å². The van der Waals surface area contributed by atoms with E-state index in [1.165, 1.54) is 25.2 Å². The lowest BCUT2D eigenvalue weighted by Gasteiger charge is -2.09. The number of benzene rings is 2. The monoisotopic (exact) mass is 317 g/mol. The van der Waals surface area contributed by atoms with Crippen LogP contribution in [-0.2, 0) is 10.0 Å². The van der Waals surface area contributed by atoms with E-state index in [0.29, 0.717) is 11.1 Å². The normalized spacial score (nSPS) is 11.1. The van der Waals surface area contributed by atoms with Gasteiger partial charge in [-0.2, -0.15) is 0 Å².